The summed E-state index contributed by atoms with van der Waals surface area (Å²) in [5.74, 6) is -5.96. The van der Waals surface area contributed by atoms with Gasteiger partial charge in [-0.25, -0.2) is 4.79 Å². The van der Waals surface area contributed by atoms with E-state index in [2.05, 4.69) is 20.9 Å². The van der Waals surface area contributed by atoms with Crippen LogP contribution in [0.2, 0.25) is 0 Å². The zero-order valence-corrected chi connectivity index (χ0v) is 21.7. The molecule has 212 valence electrons. The van der Waals surface area contributed by atoms with Gasteiger partial charge in [0.1, 0.15) is 18.1 Å². The molecule has 0 aliphatic rings. The van der Waals surface area contributed by atoms with E-state index < -0.39 is 72.5 Å². The van der Waals surface area contributed by atoms with Crippen LogP contribution in [-0.4, -0.2) is 69.8 Å². The van der Waals surface area contributed by atoms with Crippen LogP contribution in [0.5, 0.6) is 0 Å². The predicted molar refractivity (Wildman–Crippen MR) is 140 cm³/mol. The third-order valence-electron chi connectivity index (χ3n) is 5.85. The minimum absolute atomic E-state index is 0.0812. The van der Waals surface area contributed by atoms with Gasteiger partial charge in [-0.05, 0) is 30.4 Å². The topological polar surface area (TPSA) is 253 Å². The number of hydrogen-bond donors (Lipinski definition) is 8. The van der Waals surface area contributed by atoms with Crippen LogP contribution in [0, 0.1) is 5.92 Å². The van der Waals surface area contributed by atoms with Crippen molar-refractivity contribution < 1.29 is 33.9 Å². The van der Waals surface area contributed by atoms with Crippen molar-refractivity contribution in [2.75, 3.05) is 0 Å². The number of para-hydroxylation sites is 1. The molecule has 0 bridgehead atoms. The van der Waals surface area contributed by atoms with Gasteiger partial charge in [-0.15, -0.1) is 0 Å². The van der Waals surface area contributed by atoms with Gasteiger partial charge in [-0.1, -0.05) is 32.0 Å². The Morgan fingerprint density at radius 3 is 1.97 bits per heavy atom. The van der Waals surface area contributed by atoms with Gasteiger partial charge in [-0.2, -0.15) is 0 Å². The first-order chi connectivity index (χ1) is 18.3. The summed E-state index contributed by atoms with van der Waals surface area (Å²) in [6, 6.07) is 2.05. The number of hydrogen-bond acceptors (Lipinski definition) is 7. The molecule has 0 radical (unpaired) electrons. The van der Waals surface area contributed by atoms with Crippen LogP contribution >= 0.6 is 0 Å². The highest BCUT2D eigenvalue weighted by atomic mass is 16.4. The van der Waals surface area contributed by atoms with Gasteiger partial charge in [0.15, 0.2) is 0 Å². The van der Waals surface area contributed by atoms with Crippen molar-refractivity contribution in [2.24, 2.45) is 23.1 Å². The molecule has 0 aliphatic heterocycles. The van der Waals surface area contributed by atoms with Gasteiger partial charge >= 0.3 is 5.97 Å². The van der Waals surface area contributed by atoms with Crippen molar-refractivity contribution in [1.82, 2.24) is 20.9 Å². The molecule has 0 saturated carbocycles. The number of aromatic nitrogens is 1. The molecule has 1 aromatic heterocycles. The second-order valence-corrected chi connectivity index (χ2v) is 9.66. The lowest BCUT2D eigenvalue weighted by molar-refractivity contribution is -0.144. The summed E-state index contributed by atoms with van der Waals surface area (Å²) in [7, 11) is 0. The molecule has 14 nitrogen and oxygen atoms in total. The second kappa shape index (κ2) is 13.9. The number of carboxylic acids is 1. The van der Waals surface area contributed by atoms with Gasteiger partial charge in [-0.3, -0.25) is 24.0 Å². The van der Waals surface area contributed by atoms with E-state index in [1.807, 2.05) is 24.3 Å². The fourth-order valence-corrected chi connectivity index (χ4v) is 3.97. The Labute approximate surface area is 224 Å². The molecular weight excluding hydrogens is 510 g/mol. The molecule has 14 heteroatoms. The molecule has 5 amide bonds. The first-order valence-corrected chi connectivity index (χ1v) is 12.3. The van der Waals surface area contributed by atoms with Gasteiger partial charge < -0.3 is 43.2 Å². The number of amides is 5. The van der Waals surface area contributed by atoms with Crippen molar-refractivity contribution in [2.45, 2.75) is 63.7 Å². The van der Waals surface area contributed by atoms with Crippen LogP contribution in [0.1, 0.15) is 38.7 Å². The number of benzene rings is 1. The average molecular weight is 546 g/mol. The zero-order valence-electron chi connectivity index (χ0n) is 21.7. The molecule has 2 aromatic rings. The summed E-state index contributed by atoms with van der Waals surface area (Å²) in [4.78, 5) is 76.1. The zero-order chi connectivity index (χ0) is 29.3. The highest BCUT2D eigenvalue weighted by Crippen LogP contribution is 2.19. The SMILES string of the molecule is CC(C)CC(NC(=O)C(CC(N)=O)NC(=O)C(N)Cc1c[nH]c2ccccc12)C(=O)NC(CC(N)=O)C(=O)O. The number of carboxylic acid groups (broad SMARTS) is 1. The minimum atomic E-state index is -1.61. The number of rotatable bonds is 15. The number of carbonyl (C=O) groups excluding carboxylic acids is 5. The number of fused-ring (bicyclic) bond motifs is 1. The maximum Gasteiger partial charge on any atom is 0.326 e. The molecule has 2 rings (SSSR count). The van der Waals surface area contributed by atoms with E-state index in [0.29, 0.717) is 0 Å². The van der Waals surface area contributed by atoms with Crippen LogP contribution in [-0.2, 0) is 35.2 Å². The third kappa shape index (κ3) is 9.41. The van der Waals surface area contributed by atoms with Crippen LogP contribution in [0.25, 0.3) is 10.9 Å². The van der Waals surface area contributed by atoms with E-state index in [1.165, 1.54) is 0 Å². The van der Waals surface area contributed by atoms with Crippen LogP contribution in [0.4, 0.5) is 0 Å². The molecule has 4 atom stereocenters. The Hall–Kier alpha value is -4.46. The van der Waals surface area contributed by atoms with Gasteiger partial charge in [0.2, 0.25) is 29.5 Å². The highest BCUT2D eigenvalue weighted by molar-refractivity contribution is 5.96. The number of H-pyrrole nitrogens is 1. The normalized spacial score (nSPS) is 14.2. The summed E-state index contributed by atoms with van der Waals surface area (Å²) in [5, 5.41) is 17.2. The molecular formula is C25H35N7O7. The lowest BCUT2D eigenvalue weighted by Crippen LogP contribution is -2.58. The number of primary amides is 2. The first kappa shape index (κ1) is 30.8. The van der Waals surface area contributed by atoms with Crippen molar-refractivity contribution in [3.63, 3.8) is 0 Å². The Bertz CT molecular complexity index is 1230. The van der Waals surface area contributed by atoms with E-state index in [9.17, 15) is 33.9 Å². The van der Waals surface area contributed by atoms with Gasteiger partial charge in [0.25, 0.3) is 0 Å². The third-order valence-corrected chi connectivity index (χ3v) is 5.85. The van der Waals surface area contributed by atoms with Crippen molar-refractivity contribution in [3.05, 3.63) is 36.0 Å². The lowest BCUT2D eigenvalue weighted by atomic mass is 10.0. The standard InChI is InChI=1S/C25H35N7O7/c1-12(2)7-17(23(36)32-19(25(38)39)10-21(28)34)31-24(37)18(9-20(27)33)30-22(35)15(26)8-13-11-29-16-6-4-3-5-14(13)16/h3-6,11-12,15,17-19,29H,7-10,26H2,1-2H3,(H2,27,33)(H2,28,34)(H,30,35)(H,31,37)(H,32,36)(H,38,39). The number of aliphatic carboxylic acids is 1. The maximum absolute atomic E-state index is 13.1. The molecule has 0 fully saturated rings. The monoisotopic (exact) mass is 545 g/mol. The van der Waals surface area contributed by atoms with Gasteiger partial charge in [0, 0.05) is 17.1 Å². The van der Waals surface area contributed by atoms with Gasteiger partial charge in [0.05, 0.1) is 18.9 Å². The Balaban J connectivity index is 2.14. The van der Waals surface area contributed by atoms with E-state index in [1.54, 1.807) is 20.0 Å². The summed E-state index contributed by atoms with van der Waals surface area (Å²) in [6.45, 7) is 3.52. The van der Waals surface area contributed by atoms with Crippen molar-refractivity contribution in [3.8, 4) is 0 Å². The summed E-state index contributed by atoms with van der Waals surface area (Å²) >= 11 is 0. The molecule has 1 heterocycles. The Morgan fingerprint density at radius 2 is 1.38 bits per heavy atom. The number of nitrogens with one attached hydrogen (secondary N) is 4. The predicted octanol–water partition coefficient (Wildman–Crippen LogP) is -1.63. The van der Waals surface area contributed by atoms with Crippen LogP contribution in [0.3, 0.4) is 0 Å². The summed E-state index contributed by atoms with van der Waals surface area (Å²) < 4.78 is 0. The molecule has 0 spiro atoms. The van der Waals surface area contributed by atoms with Crippen molar-refractivity contribution in [1.29, 1.82) is 0 Å². The molecule has 39 heavy (non-hydrogen) atoms. The fourth-order valence-electron chi connectivity index (χ4n) is 3.97. The minimum Gasteiger partial charge on any atom is -0.480 e. The highest BCUT2D eigenvalue weighted by Gasteiger charge is 2.32. The lowest BCUT2D eigenvalue weighted by Gasteiger charge is -2.25. The average Bonchev–Trinajstić information content (AvgIpc) is 3.24. The second-order valence-electron chi connectivity index (χ2n) is 9.66. The van der Waals surface area contributed by atoms with E-state index in [-0.39, 0.29) is 18.8 Å². The van der Waals surface area contributed by atoms with Crippen molar-refractivity contribution >= 4 is 46.4 Å². The quantitative estimate of drug-likeness (QED) is 0.129. The molecule has 0 aliphatic carbocycles. The Morgan fingerprint density at radius 1 is 0.846 bits per heavy atom. The molecule has 11 N–H and O–H groups in total. The number of carbonyl (C=O) groups is 6. The largest absolute Gasteiger partial charge is 0.480 e. The van der Waals surface area contributed by atoms with Crippen LogP contribution < -0.4 is 33.2 Å². The number of nitrogens with two attached hydrogens (primary N) is 3. The van der Waals surface area contributed by atoms with E-state index in [0.717, 1.165) is 16.5 Å². The number of aromatic amines is 1. The first-order valence-electron chi connectivity index (χ1n) is 12.3. The summed E-state index contributed by atoms with van der Waals surface area (Å²) in [6.07, 6.45) is 0.710. The smallest absolute Gasteiger partial charge is 0.326 e. The van der Waals surface area contributed by atoms with E-state index in [4.69, 9.17) is 17.2 Å². The fraction of sp³-hybridized carbons (Fsp3) is 0.440. The van der Waals surface area contributed by atoms with Crippen LogP contribution in [0.15, 0.2) is 30.5 Å². The molecule has 1 aromatic carbocycles. The maximum atomic E-state index is 13.1. The Kier molecular flexibility index (Phi) is 11.0. The molecule has 4 unspecified atom stereocenters. The molecule has 0 saturated heterocycles. The van der Waals surface area contributed by atoms with E-state index >= 15 is 0 Å². The summed E-state index contributed by atoms with van der Waals surface area (Å²) in [5.41, 5.74) is 18.1.